The van der Waals surface area contributed by atoms with Gasteiger partial charge in [-0.2, -0.15) is 0 Å². The van der Waals surface area contributed by atoms with Crippen LogP contribution in [0.2, 0.25) is 5.02 Å². The minimum Gasteiger partial charge on any atom is -0.497 e. The SMILES string of the molecule is COc1ccc(CN(C(=O)COc2ccccc2Cl)[C@H](Cc2ccccc2)C(=O)NCCC2=CCCCC2)cc1. The molecule has 0 unspecified atom stereocenters. The molecule has 3 aromatic rings. The number of hydrogen-bond acceptors (Lipinski definition) is 4. The Morgan fingerprint density at radius 1 is 0.950 bits per heavy atom. The highest BCUT2D eigenvalue weighted by Gasteiger charge is 2.30. The van der Waals surface area contributed by atoms with E-state index in [4.69, 9.17) is 21.1 Å². The maximum Gasteiger partial charge on any atom is 0.261 e. The monoisotopic (exact) mass is 560 g/mol. The van der Waals surface area contributed by atoms with E-state index in [2.05, 4.69) is 11.4 Å². The summed E-state index contributed by atoms with van der Waals surface area (Å²) in [5, 5.41) is 3.54. The fourth-order valence-corrected chi connectivity index (χ4v) is 5.05. The van der Waals surface area contributed by atoms with Crippen molar-refractivity contribution in [3.63, 3.8) is 0 Å². The number of hydrogen-bond donors (Lipinski definition) is 1. The highest BCUT2D eigenvalue weighted by Crippen LogP contribution is 2.24. The molecule has 40 heavy (non-hydrogen) atoms. The molecule has 0 radical (unpaired) electrons. The van der Waals surface area contributed by atoms with Crippen molar-refractivity contribution in [3.8, 4) is 11.5 Å². The molecule has 6 nitrogen and oxygen atoms in total. The molecule has 1 atom stereocenters. The second kappa shape index (κ2) is 15.1. The highest BCUT2D eigenvalue weighted by atomic mass is 35.5. The van der Waals surface area contributed by atoms with Gasteiger partial charge in [-0.3, -0.25) is 9.59 Å². The minimum atomic E-state index is -0.729. The van der Waals surface area contributed by atoms with Crippen LogP contribution in [0.4, 0.5) is 0 Å². The summed E-state index contributed by atoms with van der Waals surface area (Å²) >= 11 is 6.26. The number of halogens is 1. The van der Waals surface area contributed by atoms with Crippen LogP contribution in [0.25, 0.3) is 0 Å². The van der Waals surface area contributed by atoms with Gasteiger partial charge in [-0.1, -0.05) is 77.8 Å². The standard InChI is InChI=1S/C33H37ClN2O4/c1-39-28-18-16-27(17-19-28)23-36(32(37)24-40-31-15-9-8-14-29(31)34)30(22-26-12-6-3-7-13-26)33(38)35-21-20-25-10-4-2-5-11-25/h3,6-10,12-19,30H,2,4-5,11,20-24H2,1H3,(H,35,38)/t30-/m1/s1. The van der Waals surface area contributed by atoms with Gasteiger partial charge in [-0.25, -0.2) is 0 Å². The molecular weight excluding hydrogens is 524 g/mol. The molecule has 0 heterocycles. The predicted molar refractivity (Wildman–Crippen MR) is 159 cm³/mol. The lowest BCUT2D eigenvalue weighted by molar-refractivity contribution is -0.142. The van der Waals surface area contributed by atoms with E-state index in [0.717, 1.165) is 36.1 Å². The second-order valence-electron chi connectivity index (χ2n) is 9.94. The number of rotatable bonds is 13. The Bertz CT molecular complexity index is 1280. The molecule has 3 aromatic carbocycles. The molecule has 4 rings (SSSR count). The number of ether oxygens (including phenoxy) is 2. The minimum absolute atomic E-state index is 0.181. The molecule has 7 heteroatoms. The van der Waals surface area contributed by atoms with Crippen molar-refractivity contribution < 1.29 is 19.1 Å². The lowest BCUT2D eigenvalue weighted by Crippen LogP contribution is -2.51. The van der Waals surface area contributed by atoms with Crippen LogP contribution in [0.5, 0.6) is 11.5 Å². The van der Waals surface area contributed by atoms with E-state index in [9.17, 15) is 9.59 Å². The van der Waals surface area contributed by atoms with E-state index in [-0.39, 0.29) is 25.0 Å². The van der Waals surface area contributed by atoms with Crippen molar-refractivity contribution >= 4 is 23.4 Å². The van der Waals surface area contributed by atoms with Crippen molar-refractivity contribution in [2.45, 2.75) is 51.1 Å². The first-order chi connectivity index (χ1) is 19.5. The van der Waals surface area contributed by atoms with Gasteiger partial charge >= 0.3 is 0 Å². The number of benzene rings is 3. The van der Waals surface area contributed by atoms with Crippen LogP contribution in [-0.2, 0) is 22.6 Å². The number of nitrogens with one attached hydrogen (secondary N) is 1. The predicted octanol–water partition coefficient (Wildman–Crippen LogP) is 6.37. The Balaban J connectivity index is 1.57. The summed E-state index contributed by atoms with van der Waals surface area (Å²) in [4.78, 5) is 29.1. The molecule has 0 aliphatic heterocycles. The van der Waals surface area contributed by atoms with E-state index < -0.39 is 6.04 Å². The van der Waals surface area contributed by atoms with Crippen molar-refractivity contribution in [1.29, 1.82) is 0 Å². The van der Waals surface area contributed by atoms with Crippen LogP contribution in [0.3, 0.4) is 0 Å². The molecule has 210 valence electrons. The summed E-state index contributed by atoms with van der Waals surface area (Å²) in [6.07, 6.45) is 8.12. The Morgan fingerprint density at radius 2 is 1.70 bits per heavy atom. The first-order valence-corrected chi connectivity index (χ1v) is 14.2. The lowest BCUT2D eigenvalue weighted by Gasteiger charge is -2.31. The summed E-state index contributed by atoms with van der Waals surface area (Å²) in [7, 11) is 1.61. The summed E-state index contributed by atoms with van der Waals surface area (Å²) < 4.78 is 11.1. The number of nitrogens with zero attached hydrogens (tertiary/aromatic N) is 1. The number of allylic oxidation sites excluding steroid dienone is 1. The highest BCUT2D eigenvalue weighted by molar-refractivity contribution is 6.32. The largest absolute Gasteiger partial charge is 0.497 e. The number of para-hydroxylation sites is 1. The van der Waals surface area contributed by atoms with Gasteiger partial charge < -0.3 is 19.7 Å². The zero-order valence-corrected chi connectivity index (χ0v) is 23.7. The molecule has 1 aliphatic carbocycles. The smallest absolute Gasteiger partial charge is 0.261 e. The average molecular weight is 561 g/mol. The molecule has 1 aliphatic rings. The van der Waals surface area contributed by atoms with Gasteiger partial charge in [0.05, 0.1) is 12.1 Å². The quantitative estimate of drug-likeness (QED) is 0.246. The molecule has 2 amide bonds. The molecule has 1 N–H and O–H groups in total. The Labute approximate surface area is 241 Å². The molecule has 0 spiro atoms. The fourth-order valence-electron chi connectivity index (χ4n) is 4.86. The number of carbonyl (C=O) groups excluding carboxylic acids is 2. The molecule has 0 bridgehead atoms. The Morgan fingerprint density at radius 3 is 2.40 bits per heavy atom. The van der Waals surface area contributed by atoms with Crippen LogP contribution >= 0.6 is 11.6 Å². The molecule has 0 aromatic heterocycles. The van der Waals surface area contributed by atoms with Gasteiger partial charge in [0.25, 0.3) is 5.91 Å². The second-order valence-corrected chi connectivity index (χ2v) is 10.4. The van der Waals surface area contributed by atoms with Crippen LogP contribution in [0.15, 0.2) is 90.5 Å². The van der Waals surface area contributed by atoms with Crippen molar-refractivity contribution in [1.82, 2.24) is 10.2 Å². The zero-order chi connectivity index (χ0) is 28.2. The third kappa shape index (κ3) is 8.62. The maximum atomic E-state index is 13.8. The van der Waals surface area contributed by atoms with E-state index in [1.54, 1.807) is 36.3 Å². The summed E-state index contributed by atoms with van der Waals surface area (Å²) in [5.74, 6) is 0.660. The van der Waals surface area contributed by atoms with E-state index in [0.29, 0.717) is 23.7 Å². The number of amides is 2. The van der Waals surface area contributed by atoms with Crippen molar-refractivity contribution in [2.75, 3.05) is 20.3 Å². The third-order valence-electron chi connectivity index (χ3n) is 7.10. The lowest BCUT2D eigenvalue weighted by atomic mass is 9.97. The zero-order valence-electron chi connectivity index (χ0n) is 23.0. The van der Waals surface area contributed by atoms with Gasteiger partial charge in [0, 0.05) is 19.5 Å². The fraction of sp³-hybridized carbons (Fsp3) is 0.333. The van der Waals surface area contributed by atoms with Crippen molar-refractivity contribution in [3.05, 3.63) is 107 Å². The van der Waals surface area contributed by atoms with Gasteiger partial charge in [0.15, 0.2) is 6.61 Å². The van der Waals surface area contributed by atoms with Gasteiger partial charge in [-0.05, 0) is 67.5 Å². The number of carbonyl (C=O) groups is 2. The van der Waals surface area contributed by atoms with Gasteiger partial charge in [0.1, 0.15) is 17.5 Å². The third-order valence-corrected chi connectivity index (χ3v) is 7.41. The van der Waals surface area contributed by atoms with E-state index in [1.165, 1.54) is 18.4 Å². The Hall–Kier alpha value is -3.77. The summed E-state index contributed by atoms with van der Waals surface area (Å²) in [6.45, 7) is 0.534. The average Bonchev–Trinajstić information content (AvgIpc) is 2.99. The Kier molecular flexibility index (Phi) is 11.1. The van der Waals surface area contributed by atoms with Crippen LogP contribution in [0, 0.1) is 0 Å². The summed E-state index contributed by atoms with van der Waals surface area (Å²) in [5.41, 5.74) is 3.24. The number of methoxy groups -OCH3 is 1. The van der Waals surface area contributed by atoms with Gasteiger partial charge in [-0.15, -0.1) is 0 Å². The van der Waals surface area contributed by atoms with E-state index in [1.807, 2.05) is 54.6 Å². The van der Waals surface area contributed by atoms with Crippen LogP contribution < -0.4 is 14.8 Å². The first-order valence-electron chi connectivity index (χ1n) is 13.8. The molecule has 0 fully saturated rings. The maximum absolute atomic E-state index is 13.8. The van der Waals surface area contributed by atoms with E-state index >= 15 is 0 Å². The summed E-state index contributed by atoms with van der Waals surface area (Å²) in [6, 6.07) is 23.6. The molecular formula is C33H37ClN2O4. The van der Waals surface area contributed by atoms with Gasteiger partial charge in [0.2, 0.25) is 5.91 Å². The normalized spacial score (nSPS) is 13.6. The first kappa shape index (κ1) is 29.2. The molecule has 0 saturated carbocycles. The van der Waals surface area contributed by atoms with Crippen LogP contribution in [0.1, 0.15) is 43.2 Å². The molecule has 0 saturated heterocycles. The van der Waals surface area contributed by atoms with Crippen LogP contribution in [-0.4, -0.2) is 43.0 Å². The van der Waals surface area contributed by atoms with Crippen molar-refractivity contribution in [2.24, 2.45) is 0 Å². The topological polar surface area (TPSA) is 67.9 Å².